The van der Waals surface area contributed by atoms with Crippen LogP contribution in [0.15, 0.2) is 24.3 Å². The molecule has 0 aliphatic carbocycles. The van der Waals surface area contributed by atoms with Crippen molar-refractivity contribution in [1.82, 2.24) is 4.90 Å². The zero-order chi connectivity index (χ0) is 14.5. The Morgan fingerprint density at radius 3 is 2.26 bits per heavy atom. The van der Waals surface area contributed by atoms with E-state index in [4.69, 9.17) is 9.47 Å². The van der Waals surface area contributed by atoms with Gasteiger partial charge in [0, 0.05) is 12.1 Å². The fraction of sp³-hybridized carbons (Fsp3) is 0.533. The SMILES string of the molecule is COc1ccc(C(=O)OCCN(C)C(C)(C)C)cc1. The van der Waals surface area contributed by atoms with Crippen LogP contribution in [-0.2, 0) is 4.74 Å². The van der Waals surface area contributed by atoms with Crippen molar-refractivity contribution < 1.29 is 14.3 Å². The summed E-state index contributed by atoms with van der Waals surface area (Å²) in [7, 11) is 3.61. The molecule has 0 atom stereocenters. The summed E-state index contributed by atoms with van der Waals surface area (Å²) in [6.45, 7) is 7.47. The Labute approximate surface area is 115 Å². The molecule has 0 radical (unpaired) electrons. The standard InChI is InChI=1S/C15H23NO3/c1-15(2,3)16(4)10-11-19-14(17)12-6-8-13(18-5)9-7-12/h6-9H,10-11H2,1-5H3. The van der Waals surface area contributed by atoms with Crippen LogP contribution < -0.4 is 4.74 Å². The summed E-state index contributed by atoms with van der Waals surface area (Å²) in [5.41, 5.74) is 0.617. The average Bonchev–Trinajstić information content (AvgIpc) is 2.37. The Bertz CT molecular complexity index is 406. The van der Waals surface area contributed by atoms with Crippen LogP contribution in [0.25, 0.3) is 0 Å². The van der Waals surface area contributed by atoms with Gasteiger partial charge >= 0.3 is 5.97 Å². The molecular weight excluding hydrogens is 242 g/mol. The maximum absolute atomic E-state index is 11.8. The number of nitrogens with zero attached hydrogens (tertiary/aromatic N) is 1. The highest BCUT2D eigenvalue weighted by atomic mass is 16.5. The minimum absolute atomic E-state index is 0.0759. The minimum Gasteiger partial charge on any atom is -0.497 e. The van der Waals surface area contributed by atoms with Crippen molar-refractivity contribution in [2.24, 2.45) is 0 Å². The van der Waals surface area contributed by atoms with Crippen LogP contribution in [0, 0.1) is 0 Å². The molecule has 0 bridgehead atoms. The smallest absolute Gasteiger partial charge is 0.338 e. The van der Waals surface area contributed by atoms with E-state index in [1.807, 2.05) is 7.05 Å². The van der Waals surface area contributed by atoms with Gasteiger partial charge in [-0.2, -0.15) is 0 Å². The average molecular weight is 265 g/mol. The molecule has 0 saturated heterocycles. The van der Waals surface area contributed by atoms with Crippen LogP contribution in [0.1, 0.15) is 31.1 Å². The van der Waals surface area contributed by atoms with Crippen molar-refractivity contribution in [3.63, 3.8) is 0 Å². The second kappa shape index (κ2) is 6.57. The molecule has 1 aromatic carbocycles. The molecule has 1 aromatic rings. The van der Waals surface area contributed by atoms with Crippen molar-refractivity contribution in [2.45, 2.75) is 26.3 Å². The van der Waals surface area contributed by atoms with E-state index in [0.717, 1.165) is 5.75 Å². The van der Waals surface area contributed by atoms with Gasteiger partial charge in [-0.25, -0.2) is 4.79 Å². The lowest BCUT2D eigenvalue weighted by atomic mass is 10.1. The van der Waals surface area contributed by atoms with Crippen LogP contribution in [0.4, 0.5) is 0 Å². The number of likely N-dealkylation sites (N-methyl/N-ethyl adjacent to an activating group) is 1. The highest BCUT2D eigenvalue weighted by Gasteiger charge is 2.17. The first-order chi connectivity index (χ1) is 8.84. The van der Waals surface area contributed by atoms with Gasteiger partial charge in [-0.1, -0.05) is 0 Å². The molecule has 0 spiro atoms. The molecule has 0 aliphatic heterocycles. The molecule has 106 valence electrons. The Hall–Kier alpha value is -1.55. The summed E-state index contributed by atoms with van der Waals surface area (Å²) in [6.07, 6.45) is 0. The molecular formula is C15H23NO3. The third-order valence-electron chi connectivity index (χ3n) is 3.13. The maximum atomic E-state index is 11.8. The topological polar surface area (TPSA) is 38.8 Å². The summed E-state index contributed by atoms with van der Waals surface area (Å²) in [6, 6.07) is 6.90. The van der Waals surface area contributed by atoms with E-state index in [1.165, 1.54) is 0 Å². The summed E-state index contributed by atoms with van der Waals surface area (Å²) in [5, 5.41) is 0. The van der Waals surface area contributed by atoms with E-state index in [1.54, 1.807) is 31.4 Å². The van der Waals surface area contributed by atoms with Crippen molar-refractivity contribution in [2.75, 3.05) is 27.3 Å². The molecule has 0 aliphatic rings. The highest BCUT2D eigenvalue weighted by molar-refractivity contribution is 5.89. The van der Waals surface area contributed by atoms with E-state index < -0.39 is 0 Å². The third kappa shape index (κ3) is 4.91. The molecule has 0 aromatic heterocycles. The molecule has 0 unspecified atom stereocenters. The van der Waals surface area contributed by atoms with Crippen LogP contribution >= 0.6 is 0 Å². The fourth-order valence-corrected chi connectivity index (χ4v) is 1.42. The molecule has 0 fully saturated rings. The monoisotopic (exact) mass is 265 g/mol. The van der Waals surface area contributed by atoms with Gasteiger partial charge in [-0.15, -0.1) is 0 Å². The fourth-order valence-electron chi connectivity index (χ4n) is 1.42. The Balaban J connectivity index is 2.43. The third-order valence-corrected chi connectivity index (χ3v) is 3.13. The van der Waals surface area contributed by atoms with E-state index in [9.17, 15) is 4.79 Å². The lowest BCUT2D eigenvalue weighted by Crippen LogP contribution is -2.40. The van der Waals surface area contributed by atoms with Gasteiger partial charge in [0.25, 0.3) is 0 Å². The van der Waals surface area contributed by atoms with Gasteiger partial charge in [0.1, 0.15) is 12.4 Å². The Morgan fingerprint density at radius 1 is 1.21 bits per heavy atom. The van der Waals surface area contributed by atoms with Gasteiger partial charge in [0.05, 0.1) is 12.7 Å². The minimum atomic E-state index is -0.301. The molecule has 1 rings (SSSR count). The number of hydrogen-bond donors (Lipinski definition) is 0. The first-order valence-electron chi connectivity index (χ1n) is 6.37. The van der Waals surface area contributed by atoms with Crippen molar-refractivity contribution >= 4 is 5.97 Å². The normalized spacial score (nSPS) is 11.5. The molecule has 19 heavy (non-hydrogen) atoms. The second-order valence-corrected chi connectivity index (χ2v) is 5.46. The van der Waals surface area contributed by atoms with Gasteiger partial charge in [0.2, 0.25) is 0 Å². The van der Waals surface area contributed by atoms with Crippen LogP contribution in [-0.4, -0.2) is 43.7 Å². The van der Waals surface area contributed by atoms with E-state index in [0.29, 0.717) is 18.7 Å². The van der Waals surface area contributed by atoms with Crippen LogP contribution in [0.5, 0.6) is 5.75 Å². The van der Waals surface area contributed by atoms with Gasteiger partial charge < -0.3 is 9.47 Å². The second-order valence-electron chi connectivity index (χ2n) is 5.46. The number of carbonyl (C=O) groups excluding carboxylic acids is 1. The molecule has 4 nitrogen and oxygen atoms in total. The summed E-state index contributed by atoms with van der Waals surface area (Å²) < 4.78 is 10.3. The number of carbonyl (C=O) groups is 1. The highest BCUT2D eigenvalue weighted by Crippen LogP contribution is 2.13. The predicted octanol–water partition coefficient (Wildman–Crippen LogP) is 2.58. The summed E-state index contributed by atoms with van der Waals surface area (Å²) in [5.74, 6) is 0.425. The first kappa shape index (κ1) is 15.5. The first-order valence-corrected chi connectivity index (χ1v) is 6.37. The van der Waals surface area contributed by atoms with Gasteiger partial charge in [-0.3, -0.25) is 4.90 Å². The molecule has 4 heteroatoms. The number of benzene rings is 1. The lowest BCUT2D eigenvalue weighted by molar-refractivity contribution is 0.0423. The number of rotatable bonds is 5. The van der Waals surface area contributed by atoms with E-state index in [-0.39, 0.29) is 11.5 Å². The largest absolute Gasteiger partial charge is 0.497 e. The van der Waals surface area contributed by atoms with Crippen molar-refractivity contribution in [3.05, 3.63) is 29.8 Å². The number of ether oxygens (including phenoxy) is 2. The van der Waals surface area contributed by atoms with Crippen molar-refractivity contribution in [1.29, 1.82) is 0 Å². The molecule has 0 heterocycles. The Morgan fingerprint density at radius 2 is 1.79 bits per heavy atom. The lowest BCUT2D eigenvalue weighted by Gasteiger charge is -2.31. The van der Waals surface area contributed by atoms with E-state index >= 15 is 0 Å². The van der Waals surface area contributed by atoms with Gasteiger partial charge in [-0.05, 0) is 52.1 Å². The molecule has 0 N–H and O–H groups in total. The van der Waals surface area contributed by atoms with Crippen LogP contribution in [0.3, 0.4) is 0 Å². The maximum Gasteiger partial charge on any atom is 0.338 e. The summed E-state index contributed by atoms with van der Waals surface area (Å²) in [4.78, 5) is 13.9. The molecule has 0 amide bonds. The van der Waals surface area contributed by atoms with Crippen LogP contribution in [0.2, 0.25) is 0 Å². The number of esters is 1. The number of methoxy groups -OCH3 is 1. The Kier molecular flexibility index (Phi) is 5.36. The van der Waals surface area contributed by atoms with Gasteiger partial charge in [0.15, 0.2) is 0 Å². The zero-order valence-corrected chi connectivity index (χ0v) is 12.4. The van der Waals surface area contributed by atoms with E-state index in [2.05, 4.69) is 25.7 Å². The quantitative estimate of drug-likeness (QED) is 0.767. The zero-order valence-electron chi connectivity index (χ0n) is 12.4. The predicted molar refractivity (Wildman–Crippen MR) is 75.7 cm³/mol. The molecule has 0 saturated carbocycles. The number of hydrogen-bond acceptors (Lipinski definition) is 4. The summed E-state index contributed by atoms with van der Waals surface area (Å²) >= 11 is 0. The van der Waals surface area contributed by atoms with Crippen molar-refractivity contribution in [3.8, 4) is 5.75 Å².